The van der Waals surface area contributed by atoms with Gasteiger partial charge < -0.3 is 9.47 Å². The van der Waals surface area contributed by atoms with Crippen LogP contribution in [0.5, 0.6) is 0 Å². The molecule has 4 heteroatoms. The first-order chi connectivity index (χ1) is 11.4. The summed E-state index contributed by atoms with van der Waals surface area (Å²) in [7, 11) is 0. The van der Waals surface area contributed by atoms with Crippen molar-refractivity contribution in [1.29, 1.82) is 0 Å². The second kappa shape index (κ2) is 13.3. The highest BCUT2D eigenvalue weighted by atomic mass is 16.5. The van der Waals surface area contributed by atoms with E-state index in [0.717, 1.165) is 38.5 Å². The maximum atomic E-state index is 11.8. The average Bonchev–Trinajstić information content (AvgIpc) is 2.55. The number of carbonyl (C=O) groups excluding carboxylic acids is 2. The fourth-order valence-corrected chi connectivity index (χ4v) is 3.05. The molecule has 24 heavy (non-hydrogen) atoms. The zero-order valence-corrected chi connectivity index (χ0v) is 16.6. The summed E-state index contributed by atoms with van der Waals surface area (Å²) >= 11 is 0. The minimum Gasteiger partial charge on any atom is -0.463 e. The van der Waals surface area contributed by atoms with Crippen molar-refractivity contribution < 1.29 is 19.1 Å². The van der Waals surface area contributed by atoms with E-state index in [4.69, 9.17) is 9.47 Å². The lowest BCUT2D eigenvalue weighted by Gasteiger charge is -2.19. The second-order valence-electron chi connectivity index (χ2n) is 6.94. The van der Waals surface area contributed by atoms with Gasteiger partial charge >= 0.3 is 11.9 Å². The maximum Gasteiger partial charge on any atom is 0.306 e. The van der Waals surface area contributed by atoms with Gasteiger partial charge in [-0.15, -0.1) is 0 Å². The van der Waals surface area contributed by atoms with Crippen molar-refractivity contribution in [1.82, 2.24) is 0 Å². The summed E-state index contributed by atoms with van der Waals surface area (Å²) in [4.78, 5) is 23.7. The molecule has 4 nitrogen and oxygen atoms in total. The van der Waals surface area contributed by atoms with E-state index in [-0.39, 0.29) is 37.0 Å². The summed E-state index contributed by atoms with van der Waals surface area (Å²) in [6.07, 6.45) is 6.18. The first-order valence-corrected chi connectivity index (χ1v) is 9.74. The first kappa shape index (κ1) is 22.9. The van der Waals surface area contributed by atoms with Crippen LogP contribution < -0.4 is 0 Å². The quantitative estimate of drug-likeness (QED) is 0.427. The molecule has 0 bridgehead atoms. The Labute approximate surface area is 148 Å². The lowest BCUT2D eigenvalue weighted by atomic mass is 9.97. The van der Waals surface area contributed by atoms with E-state index in [1.165, 1.54) is 0 Å². The Morgan fingerprint density at radius 1 is 0.667 bits per heavy atom. The number of ether oxygens (including phenoxy) is 2. The van der Waals surface area contributed by atoms with Crippen LogP contribution in [-0.4, -0.2) is 24.1 Å². The topological polar surface area (TPSA) is 52.6 Å². The first-order valence-electron chi connectivity index (χ1n) is 9.74. The second-order valence-corrected chi connectivity index (χ2v) is 6.94. The van der Waals surface area contributed by atoms with E-state index < -0.39 is 0 Å². The third-order valence-electron chi connectivity index (χ3n) is 4.84. The Bertz CT molecular complexity index is 312. The molecule has 0 heterocycles. The number of hydrogen-bond acceptors (Lipinski definition) is 4. The minimum absolute atomic E-state index is 0.0905. The zero-order chi connectivity index (χ0) is 18.5. The maximum absolute atomic E-state index is 11.8. The van der Waals surface area contributed by atoms with Gasteiger partial charge in [0, 0.05) is 0 Å². The third-order valence-corrected chi connectivity index (χ3v) is 4.84. The van der Waals surface area contributed by atoms with E-state index >= 15 is 0 Å². The molecule has 0 N–H and O–H groups in total. The lowest BCUT2D eigenvalue weighted by Crippen LogP contribution is -2.21. The number of hydrogen-bond donors (Lipinski definition) is 0. The molecule has 0 aliphatic carbocycles. The summed E-state index contributed by atoms with van der Waals surface area (Å²) in [5.41, 5.74) is 0. The molecule has 2 unspecified atom stereocenters. The highest BCUT2D eigenvalue weighted by Gasteiger charge is 2.17. The Kier molecular flexibility index (Phi) is 12.7. The van der Waals surface area contributed by atoms with Crippen molar-refractivity contribution in [3.05, 3.63) is 0 Å². The largest absolute Gasteiger partial charge is 0.463 e. The summed E-state index contributed by atoms with van der Waals surface area (Å²) in [6.45, 7) is 12.5. The Hall–Kier alpha value is -1.06. The molecule has 0 aromatic heterocycles. The molecular formula is C20H38O4. The fraction of sp³-hybridized carbons (Fsp3) is 0.900. The third kappa shape index (κ3) is 10.7. The molecule has 0 radical (unpaired) electrons. The van der Waals surface area contributed by atoms with Crippen molar-refractivity contribution >= 4 is 11.9 Å². The van der Waals surface area contributed by atoms with Gasteiger partial charge in [-0.1, -0.05) is 53.4 Å². The molecule has 0 rings (SSSR count). The highest BCUT2D eigenvalue weighted by Crippen LogP contribution is 2.18. The van der Waals surface area contributed by atoms with Gasteiger partial charge in [0.1, 0.15) is 0 Å². The van der Waals surface area contributed by atoms with Gasteiger partial charge in [0.15, 0.2) is 0 Å². The van der Waals surface area contributed by atoms with E-state index in [9.17, 15) is 9.59 Å². The Morgan fingerprint density at radius 2 is 0.958 bits per heavy atom. The van der Waals surface area contributed by atoms with Crippen molar-refractivity contribution in [2.24, 2.45) is 11.8 Å². The van der Waals surface area contributed by atoms with Gasteiger partial charge in [0.2, 0.25) is 0 Å². The van der Waals surface area contributed by atoms with E-state index in [2.05, 4.69) is 27.7 Å². The monoisotopic (exact) mass is 342 g/mol. The zero-order valence-electron chi connectivity index (χ0n) is 16.6. The molecule has 0 spiro atoms. The molecular weight excluding hydrogens is 304 g/mol. The lowest BCUT2D eigenvalue weighted by molar-refractivity contribution is -0.156. The molecule has 2 atom stereocenters. The van der Waals surface area contributed by atoms with Crippen LogP contribution in [0.15, 0.2) is 0 Å². The fourth-order valence-electron chi connectivity index (χ4n) is 3.05. The van der Waals surface area contributed by atoms with Crippen molar-refractivity contribution in [3.8, 4) is 0 Å². The van der Waals surface area contributed by atoms with Gasteiger partial charge in [0.25, 0.3) is 0 Å². The number of carbonyl (C=O) groups is 2. The van der Waals surface area contributed by atoms with Crippen LogP contribution in [0.25, 0.3) is 0 Å². The molecule has 0 aliphatic heterocycles. The van der Waals surface area contributed by atoms with Crippen molar-refractivity contribution in [3.63, 3.8) is 0 Å². The van der Waals surface area contributed by atoms with Crippen LogP contribution in [0.2, 0.25) is 0 Å². The van der Waals surface area contributed by atoms with Gasteiger partial charge in [0.05, 0.1) is 25.0 Å². The van der Waals surface area contributed by atoms with Crippen molar-refractivity contribution in [2.75, 3.05) is 0 Å². The summed E-state index contributed by atoms with van der Waals surface area (Å²) < 4.78 is 10.8. The molecule has 0 aliphatic rings. The summed E-state index contributed by atoms with van der Waals surface area (Å²) in [5.74, 6) is 0.559. The van der Waals surface area contributed by atoms with Crippen LogP contribution in [0.1, 0.15) is 92.9 Å². The van der Waals surface area contributed by atoms with E-state index in [0.29, 0.717) is 11.8 Å². The SMILES string of the molecule is CCC(CC)CC(C)OC(=O)CCC(=O)OC(C)CC(CC)CC. The van der Waals surface area contributed by atoms with Crippen molar-refractivity contribution in [2.45, 2.75) is 105 Å². The standard InChI is InChI=1S/C20H38O4/c1-7-17(8-2)13-15(5)23-19(21)11-12-20(22)24-16(6)14-18(9-3)10-4/h15-18H,7-14H2,1-6H3. The molecule has 0 aromatic carbocycles. The smallest absolute Gasteiger partial charge is 0.306 e. The number of rotatable bonds is 13. The molecule has 0 saturated heterocycles. The molecule has 142 valence electrons. The summed E-state index contributed by atoms with van der Waals surface area (Å²) in [6, 6.07) is 0. The molecule has 0 aromatic rings. The Balaban J connectivity index is 4.02. The Morgan fingerprint density at radius 3 is 1.21 bits per heavy atom. The van der Waals surface area contributed by atoms with Crippen LogP contribution in [0.4, 0.5) is 0 Å². The van der Waals surface area contributed by atoms with Gasteiger partial charge in [-0.05, 0) is 38.5 Å². The van der Waals surface area contributed by atoms with Crippen LogP contribution in [0.3, 0.4) is 0 Å². The highest BCUT2D eigenvalue weighted by molar-refractivity contribution is 5.77. The molecule has 0 saturated carbocycles. The van der Waals surface area contributed by atoms with Crippen LogP contribution >= 0.6 is 0 Å². The van der Waals surface area contributed by atoms with Crippen LogP contribution in [0, 0.1) is 11.8 Å². The van der Waals surface area contributed by atoms with Gasteiger partial charge in [-0.25, -0.2) is 0 Å². The van der Waals surface area contributed by atoms with Crippen LogP contribution in [-0.2, 0) is 19.1 Å². The molecule has 0 amide bonds. The average molecular weight is 343 g/mol. The van der Waals surface area contributed by atoms with E-state index in [1.54, 1.807) is 0 Å². The van der Waals surface area contributed by atoms with Gasteiger partial charge in [-0.3, -0.25) is 9.59 Å². The number of esters is 2. The minimum atomic E-state index is -0.307. The van der Waals surface area contributed by atoms with E-state index in [1.807, 2.05) is 13.8 Å². The molecule has 0 fully saturated rings. The predicted octanol–water partition coefficient (Wildman–Crippen LogP) is 5.28. The normalized spacial score (nSPS) is 13.8. The predicted molar refractivity (Wildman–Crippen MR) is 97.7 cm³/mol. The summed E-state index contributed by atoms with van der Waals surface area (Å²) in [5, 5.41) is 0. The van der Waals surface area contributed by atoms with Gasteiger partial charge in [-0.2, -0.15) is 0 Å².